The van der Waals surface area contributed by atoms with E-state index in [1.54, 1.807) is 17.0 Å². The Morgan fingerprint density at radius 1 is 0.897 bits per heavy atom. The zero-order valence-corrected chi connectivity index (χ0v) is 17.8. The van der Waals surface area contributed by atoms with E-state index in [9.17, 15) is 13.2 Å². The molecule has 1 saturated heterocycles. The molecule has 0 aliphatic carbocycles. The van der Waals surface area contributed by atoms with Crippen molar-refractivity contribution >= 4 is 15.9 Å². The summed E-state index contributed by atoms with van der Waals surface area (Å²) in [6.45, 7) is 6.00. The number of sulfonamides is 1. The van der Waals surface area contributed by atoms with Gasteiger partial charge in [0.1, 0.15) is 5.75 Å². The minimum Gasteiger partial charge on any atom is -0.494 e. The van der Waals surface area contributed by atoms with E-state index in [4.69, 9.17) is 4.74 Å². The van der Waals surface area contributed by atoms with Gasteiger partial charge in [0.15, 0.2) is 0 Å². The molecule has 0 bridgehead atoms. The molecule has 6 nitrogen and oxygen atoms in total. The Kier molecular flexibility index (Phi) is 6.92. The van der Waals surface area contributed by atoms with Crippen molar-refractivity contribution < 1.29 is 17.9 Å². The first-order valence-corrected chi connectivity index (χ1v) is 11.5. The predicted octanol–water partition coefficient (Wildman–Crippen LogP) is 2.72. The Labute approximate surface area is 173 Å². The number of hydrogen-bond acceptors (Lipinski definition) is 4. The average molecular weight is 417 g/mol. The number of piperazine rings is 1. The number of ether oxygens (including phenoxy) is 1. The molecule has 1 aliphatic heterocycles. The zero-order valence-electron chi connectivity index (χ0n) is 17.0. The number of nitrogens with zero attached hydrogens (tertiary/aromatic N) is 2. The fourth-order valence-electron chi connectivity index (χ4n) is 3.38. The van der Waals surface area contributed by atoms with E-state index in [0.29, 0.717) is 44.1 Å². The normalized spacial score (nSPS) is 15.3. The number of rotatable bonds is 7. The van der Waals surface area contributed by atoms with Crippen LogP contribution in [-0.4, -0.2) is 56.3 Å². The molecule has 2 aromatic rings. The summed E-state index contributed by atoms with van der Waals surface area (Å²) < 4.78 is 32.6. The summed E-state index contributed by atoms with van der Waals surface area (Å²) in [5.74, 6) is 0.799. The number of aryl methyl sites for hydroxylation is 1. The van der Waals surface area contributed by atoms with Crippen molar-refractivity contribution in [3.05, 3.63) is 59.7 Å². The summed E-state index contributed by atoms with van der Waals surface area (Å²) in [6, 6.07) is 14.5. The molecule has 156 valence electrons. The van der Waals surface area contributed by atoms with E-state index in [1.807, 2.05) is 50.2 Å². The van der Waals surface area contributed by atoms with Gasteiger partial charge in [-0.3, -0.25) is 4.79 Å². The fraction of sp³-hybridized carbons (Fsp3) is 0.409. The molecule has 1 amide bonds. The van der Waals surface area contributed by atoms with Gasteiger partial charge in [-0.1, -0.05) is 31.2 Å². The maximum absolute atomic E-state index is 12.9. The maximum Gasteiger partial charge on any atom is 0.243 e. The lowest BCUT2D eigenvalue weighted by molar-refractivity contribution is -0.131. The van der Waals surface area contributed by atoms with Gasteiger partial charge in [-0.2, -0.15) is 4.31 Å². The third kappa shape index (κ3) is 5.16. The van der Waals surface area contributed by atoms with Crippen LogP contribution in [0.1, 0.15) is 25.0 Å². The van der Waals surface area contributed by atoms with Crippen molar-refractivity contribution in [2.75, 3.05) is 32.8 Å². The van der Waals surface area contributed by atoms with Crippen LogP contribution in [0.2, 0.25) is 0 Å². The first-order valence-electron chi connectivity index (χ1n) is 10.0. The minimum atomic E-state index is -3.52. The van der Waals surface area contributed by atoms with E-state index in [0.717, 1.165) is 23.3 Å². The molecule has 0 spiro atoms. The molecule has 29 heavy (non-hydrogen) atoms. The number of benzene rings is 2. The zero-order chi connectivity index (χ0) is 20.9. The summed E-state index contributed by atoms with van der Waals surface area (Å²) in [7, 11) is -3.52. The second kappa shape index (κ2) is 9.41. The van der Waals surface area contributed by atoms with Crippen LogP contribution in [0.4, 0.5) is 0 Å². The molecule has 0 saturated carbocycles. The molecule has 3 rings (SSSR count). The molecule has 1 fully saturated rings. The van der Waals surface area contributed by atoms with Gasteiger partial charge in [-0.05, 0) is 48.7 Å². The second-order valence-corrected chi connectivity index (χ2v) is 8.97. The third-order valence-electron chi connectivity index (χ3n) is 5.15. The van der Waals surface area contributed by atoms with Crippen LogP contribution < -0.4 is 4.74 Å². The summed E-state index contributed by atoms with van der Waals surface area (Å²) in [5.41, 5.74) is 2.03. The predicted molar refractivity (Wildman–Crippen MR) is 112 cm³/mol. The van der Waals surface area contributed by atoms with Crippen molar-refractivity contribution in [2.24, 2.45) is 0 Å². The highest BCUT2D eigenvalue weighted by Gasteiger charge is 2.30. The van der Waals surface area contributed by atoms with Crippen molar-refractivity contribution in [3.8, 4) is 5.75 Å². The SMILES string of the molecule is CCOc1ccc(CC(=O)N2CCN(S(=O)(=O)c3ccc(CC)cc3)CC2)cc1. The summed E-state index contributed by atoms with van der Waals surface area (Å²) in [6.07, 6.45) is 1.17. The van der Waals surface area contributed by atoms with Gasteiger partial charge < -0.3 is 9.64 Å². The quantitative estimate of drug-likeness (QED) is 0.696. The molecule has 0 radical (unpaired) electrons. The van der Waals surface area contributed by atoms with Crippen LogP contribution >= 0.6 is 0 Å². The van der Waals surface area contributed by atoms with Crippen LogP contribution in [-0.2, 0) is 27.7 Å². The Bertz CT molecular complexity index is 916. The average Bonchev–Trinajstić information content (AvgIpc) is 2.75. The van der Waals surface area contributed by atoms with Crippen LogP contribution in [0.25, 0.3) is 0 Å². The van der Waals surface area contributed by atoms with Gasteiger partial charge in [-0.15, -0.1) is 0 Å². The lowest BCUT2D eigenvalue weighted by atomic mass is 10.1. The summed E-state index contributed by atoms with van der Waals surface area (Å²) >= 11 is 0. The monoisotopic (exact) mass is 416 g/mol. The van der Waals surface area contributed by atoms with E-state index >= 15 is 0 Å². The van der Waals surface area contributed by atoms with Crippen LogP contribution in [0.15, 0.2) is 53.4 Å². The fourth-order valence-corrected chi connectivity index (χ4v) is 4.80. The number of carbonyl (C=O) groups excluding carboxylic acids is 1. The number of amides is 1. The first-order chi connectivity index (χ1) is 13.9. The Balaban J connectivity index is 1.56. The summed E-state index contributed by atoms with van der Waals surface area (Å²) in [4.78, 5) is 14.6. The molecule has 1 heterocycles. The minimum absolute atomic E-state index is 0.0125. The highest BCUT2D eigenvalue weighted by molar-refractivity contribution is 7.89. The number of hydrogen-bond donors (Lipinski definition) is 0. The molecule has 1 aliphatic rings. The lowest BCUT2D eigenvalue weighted by Crippen LogP contribution is -2.50. The Morgan fingerprint density at radius 2 is 1.48 bits per heavy atom. The van der Waals surface area contributed by atoms with Crippen LogP contribution in [0.3, 0.4) is 0 Å². The van der Waals surface area contributed by atoms with Gasteiger partial charge in [0.2, 0.25) is 15.9 Å². The molecular weight excluding hydrogens is 388 g/mol. The molecule has 0 aromatic heterocycles. The Morgan fingerprint density at radius 3 is 2.03 bits per heavy atom. The first kappa shape index (κ1) is 21.3. The summed E-state index contributed by atoms with van der Waals surface area (Å²) in [5, 5.41) is 0. The molecule has 0 N–H and O–H groups in total. The van der Waals surface area contributed by atoms with Crippen molar-refractivity contribution in [3.63, 3.8) is 0 Å². The van der Waals surface area contributed by atoms with Gasteiger partial charge in [0, 0.05) is 26.2 Å². The maximum atomic E-state index is 12.9. The topological polar surface area (TPSA) is 66.9 Å². The molecule has 2 aromatic carbocycles. The second-order valence-electron chi connectivity index (χ2n) is 7.04. The lowest BCUT2D eigenvalue weighted by Gasteiger charge is -2.34. The number of carbonyl (C=O) groups is 1. The van der Waals surface area contributed by atoms with Crippen LogP contribution in [0, 0.1) is 0 Å². The third-order valence-corrected chi connectivity index (χ3v) is 7.06. The van der Waals surface area contributed by atoms with E-state index in [1.165, 1.54) is 4.31 Å². The van der Waals surface area contributed by atoms with E-state index in [-0.39, 0.29) is 5.91 Å². The van der Waals surface area contributed by atoms with Crippen molar-refractivity contribution in [1.82, 2.24) is 9.21 Å². The van der Waals surface area contributed by atoms with Crippen molar-refractivity contribution in [1.29, 1.82) is 0 Å². The van der Waals surface area contributed by atoms with E-state index < -0.39 is 10.0 Å². The highest BCUT2D eigenvalue weighted by atomic mass is 32.2. The molecular formula is C22H28N2O4S. The highest BCUT2D eigenvalue weighted by Crippen LogP contribution is 2.19. The van der Waals surface area contributed by atoms with Gasteiger partial charge in [-0.25, -0.2) is 8.42 Å². The molecule has 0 unspecified atom stereocenters. The van der Waals surface area contributed by atoms with Gasteiger partial charge >= 0.3 is 0 Å². The smallest absolute Gasteiger partial charge is 0.243 e. The van der Waals surface area contributed by atoms with E-state index in [2.05, 4.69) is 0 Å². The van der Waals surface area contributed by atoms with Crippen molar-refractivity contribution in [2.45, 2.75) is 31.6 Å². The molecule has 7 heteroatoms. The van der Waals surface area contributed by atoms with Gasteiger partial charge in [0.25, 0.3) is 0 Å². The van der Waals surface area contributed by atoms with Gasteiger partial charge in [0.05, 0.1) is 17.9 Å². The Hall–Kier alpha value is -2.38. The largest absolute Gasteiger partial charge is 0.494 e. The molecule has 0 atom stereocenters. The van der Waals surface area contributed by atoms with Crippen LogP contribution in [0.5, 0.6) is 5.75 Å². The standard InChI is InChI=1S/C22H28N2O4S/c1-3-18-7-11-21(12-8-18)29(26,27)24-15-13-23(14-16-24)22(25)17-19-5-9-20(10-6-19)28-4-2/h5-12H,3-4,13-17H2,1-2H3.